The molecule has 4 N–H and O–H groups in total. The van der Waals surface area contributed by atoms with Gasteiger partial charge in [0.1, 0.15) is 12.1 Å². The van der Waals surface area contributed by atoms with Gasteiger partial charge in [0.2, 0.25) is 0 Å². The van der Waals surface area contributed by atoms with Crippen LogP contribution in [-0.4, -0.2) is 60.5 Å². The van der Waals surface area contributed by atoms with Gasteiger partial charge in [0, 0.05) is 13.0 Å². The van der Waals surface area contributed by atoms with Crippen molar-refractivity contribution in [2.75, 3.05) is 26.4 Å². The molecule has 0 aromatic heterocycles. The maximum Gasteiger partial charge on any atom is 0.472 e. The highest BCUT2D eigenvalue weighted by molar-refractivity contribution is 7.47. The van der Waals surface area contributed by atoms with Crippen molar-refractivity contribution in [1.82, 2.24) is 0 Å². The zero-order valence-electron chi connectivity index (χ0n) is 38.2. The minimum absolute atomic E-state index is 0.0126. The first-order valence-electron chi connectivity index (χ1n) is 23.6. The second kappa shape index (κ2) is 45.2. The maximum atomic E-state index is 12.7. The first kappa shape index (κ1) is 58.1. The first-order chi connectivity index (χ1) is 29.7. The minimum Gasteiger partial charge on any atom is -0.480 e. The fourth-order valence-corrected chi connectivity index (χ4v) is 6.79. The number of allylic oxidation sites excluding steroid dienone is 14. The molecule has 0 heterocycles. The van der Waals surface area contributed by atoms with Crippen LogP contribution in [0.5, 0.6) is 0 Å². The molecule has 0 bridgehead atoms. The summed E-state index contributed by atoms with van der Waals surface area (Å²) >= 11 is 0. The van der Waals surface area contributed by atoms with Crippen molar-refractivity contribution in [1.29, 1.82) is 0 Å². The van der Waals surface area contributed by atoms with E-state index in [1.807, 2.05) is 0 Å². The summed E-state index contributed by atoms with van der Waals surface area (Å²) < 4.78 is 33.4. The van der Waals surface area contributed by atoms with Crippen LogP contribution in [0.1, 0.15) is 181 Å². The van der Waals surface area contributed by atoms with E-state index in [9.17, 15) is 19.0 Å². The van der Waals surface area contributed by atoms with Crippen LogP contribution in [0, 0.1) is 0 Å². The lowest BCUT2D eigenvalue weighted by atomic mass is 10.1. The lowest BCUT2D eigenvalue weighted by Gasteiger charge is -2.20. The molecule has 3 unspecified atom stereocenters. The molecule has 0 amide bonds. The van der Waals surface area contributed by atoms with Gasteiger partial charge in [0.15, 0.2) is 0 Å². The number of phosphoric acid groups is 1. The third-order valence-corrected chi connectivity index (χ3v) is 10.6. The van der Waals surface area contributed by atoms with Crippen molar-refractivity contribution in [2.45, 2.75) is 193 Å². The van der Waals surface area contributed by atoms with Crippen LogP contribution < -0.4 is 5.73 Å². The third-order valence-electron chi connectivity index (χ3n) is 9.66. The average molecular weight is 876 g/mol. The Morgan fingerprint density at radius 1 is 0.541 bits per heavy atom. The molecule has 0 saturated carbocycles. The van der Waals surface area contributed by atoms with Crippen LogP contribution in [0.25, 0.3) is 0 Å². The molecule has 0 aromatic carbocycles. The fourth-order valence-electron chi connectivity index (χ4n) is 6.01. The first-order valence-corrected chi connectivity index (χ1v) is 25.1. The predicted molar refractivity (Wildman–Crippen MR) is 253 cm³/mol. The highest BCUT2D eigenvalue weighted by Gasteiger charge is 2.27. The van der Waals surface area contributed by atoms with E-state index < -0.39 is 45.1 Å². The second-order valence-corrected chi connectivity index (χ2v) is 17.0. The number of esters is 1. The van der Waals surface area contributed by atoms with Crippen LogP contribution in [0.2, 0.25) is 0 Å². The van der Waals surface area contributed by atoms with Crippen molar-refractivity contribution in [2.24, 2.45) is 5.73 Å². The van der Waals surface area contributed by atoms with Gasteiger partial charge in [0.25, 0.3) is 0 Å². The fraction of sp³-hybridized carbons (Fsp3) is 0.680. The summed E-state index contributed by atoms with van der Waals surface area (Å²) in [6.07, 6.45) is 57.8. The van der Waals surface area contributed by atoms with E-state index in [1.165, 1.54) is 64.2 Å². The summed E-state index contributed by atoms with van der Waals surface area (Å²) in [6.45, 7) is 3.66. The quantitative estimate of drug-likeness (QED) is 0.0233. The van der Waals surface area contributed by atoms with Gasteiger partial charge in [-0.05, 0) is 89.9 Å². The van der Waals surface area contributed by atoms with Crippen molar-refractivity contribution in [3.8, 4) is 0 Å². The normalized spacial score (nSPS) is 14.6. The van der Waals surface area contributed by atoms with Gasteiger partial charge < -0.3 is 25.2 Å². The minimum atomic E-state index is -4.64. The number of aliphatic carboxylic acids is 1. The van der Waals surface area contributed by atoms with Gasteiger partial charge in [-0.25, -0.2) is 4.57 Å². The van der Waals surface area contributed by atoms with Crippen molar-refractivity contribution in [3.05, 3.63) is 85.1 Å². The molecule has 0 spiro atoms. The number of rotatable bonds is 44. The van der Waals surface area contributed by atoms with E-state index in [0.717, 1.165) is 89.9 Å². The van der Waals surface area contributed by atoms with E-state index in [2.05, 4.69) is 98.9 Å². The Labute approximate surface area is 371 Å². The summed E-state index contributed by atoms with van der Waals surface area (Å²) in [5.74, 6) is -1.81. The molecule has 3 atom stereocenters. The number of hydrogen-bond acceptors (Lipinski definition) is 8. The zero-order chi connectivity index (χ0) is 44.8. The second-order valence-electron chi connectivity index (χ2n) is 15.5. The highest BCUT2D eigenvalue weighted by Crippen LogP contribution is 2.43. The van der Waals surface area contributed by atoms with Crippen molar-refractivity contribution >= 4 is 19.8 Å². The van der Waals surface area contributed by atoms with Gasteiger partial charge in [-0.15, -0.1) is 0 Å². The summed E-state index contributed by atoms with van der Waals surface area (Å²) in [5.41, 5.74) is 5.36. The lowest BCUT2D eigenvalue weighted by molar-refractivity contribution is -0.154. The number of carbonyl (C=O) groups is 2. The molecule has 0 radical (unpaired) electrons. The number of carboxylic acids is 1. The van der Waals surface area contributed by atoms with Crippen LogP contribution in [0.3, 0.4) is 0 Å². The van der Waals surface area contributed by atoms with E-state index >= 15 is 0 Å². The van der Waals surface area contributed by atoms with E-state index in [0.29, 0.717) is 13.0 Å². The van der Waals surface area contributed by atoms with Crippen molar-refractivity contribution < 1.29 is 42.7 Å². The molecule has 11 heteroatoms. The number of hydrogen-bond donors (Lipinski definition) is 3. The van der Waals surface area contributed by atoms with Crippen LogP contribution in [0.4, 0.5) is 0 Å². The summed E-state index contributed by atoms with van der Waals surface area (Å²) in [4.78, 5) is 33.6. The Morgan fingerprint density at radius 3 is 1.43 bits per heavy atom. The topological polar surface area (TPSA) is 155 Å². The maximum absolute atomic E-state index is 12.7. The van der Waals surface area contributed by atoms with Crippen LogP contribution >= 0.6 is 7.82 Å². The number of nitrogens with two attached hydrogens (primary N) is 1. The SMILES string of the molecule is CC/C=C\C/C=C\C/C=C\C/C=C\CCCCCOCC(COP(=O)(O)OCC(N)C(=O)O)OC(=O)CCCCCCCCCC/C=C\C/C=C\C/C=C\CCCCCCC. The number of carboxylic acid groups (broad SMARTS) is 1. The lowest BCUT2D eigenvalue weighted by Crippen LogP contribution is -2.34. The van der Waals surface area contributed by atoms with Gasteiger partial charge in [0.05, 0.1) is 19.8 Å². The molecular formula is C50H86NO9P. The number of phosphoric ester groups is 1. The zero-order valence-corrected chi connectivity index (χ0v) is 39.1. The third kappa shape index (κ3) is 45.0. The van der Waals surface area contributed by atoms with Crippen LogP contribution in [-0.2, 0) is 32.7 Å². The van der Waals surface area contributed by atoms with Gasteiger partial charge in [-0.1, -0.05) is 170 Å². The monoisotopic (exact) mass is 876 g/mol. The molecule has 0 saturated heterocycles. The smallest absolute Gasteiger partial charge is 0.472 e. The summed E-state index contributed by atoms with van der Waals surface area (Å²) in [6, 6.07) is -1.48. The number of unbranched alkanes of at least 4 members (excludes halogenated alkanes) is 16. The van der Waals surface area contributed by atoms with Gasteiger partial charge in [-0.3, -0.25) is 18.6 Å². The van der Waals surface area contributed by atoms with E-state index in [1.54, 1.807) is 0 Å². The molecular weight excluding hydrogens is 790 g/mol. The van der Waals surface area contributed by atoms with E-state index in [-0.39, 0.29) is 13.0 Å². The number of ether oxygens (including phenoxy) is 2. The average Bonchev–Trinajstić information content (AvgIpc) is 3.24. The Bertz CT molecular complexity index is 1290. The molecule has 0 aliphatic rings. The molecule has 0 rings (SSSR count). The Hall–Kier alpha value is -2.85. The molecule has 61 heavy (non-hydrogen) atoms. The molecule has 0 fully saturated rings. The van der Waals surface area contributed by atoms with Crippen molar-refractivity contribution in [3.63, 3.8) is 0 Å². The predicted octanol–water partition coefficient (Wildman–Crippen LogP) is 13.5. The van der Waals surface area contributed by atoms with Gasteiger partial charge in [-0.2, -0.15) is 0 Å². The summed E-state index contributed by atoms with van der Waals surface area (Å²) in [5, 5.41) is 8.91. The largest absolute Gasteiger partial charge is 0.480 e. The molecule has 350 valence electrons. The van der Waals surface area contributed by atoms with Gasteiger partial charge >= 0.3 is 19.8 Å². The standard InChI is InChI=1S/C50H86NO9P/c1-3-5-7-9-11-13-15-17-19-21-22-23-24-25-26-27-28-30-32-34-36-38-40-42-49(52)60-47(45-58-61(55,56)59-46-48(51)50(53)54)44-57-43-41-39-37-35-33-31-29-20-18-16-14-12-10-8-6-4-2/h6,8,12,14-15,17-18,20-22,24-25,31,33,47-48H,3-5,7,9-11,13,16,19,23,26-30,32,34-46,51H2,1-2H3,(H,53,54)(H,55,56)/b8-6-,14-12-,17-15-,20-18-,22-21-,25-24-,33-31-. The molecule has 0 aliphatic heterocycles. The molecule has 0 aromatic rings. The van der Waals surface area contributed by atoms with E-state index in [4.69, 9.17) is 29.4 Å². The van der Waals surface area contributed by atoms with Crippen LogP contribution in [0.15, 0.2) is 85.1 Å². The Kier molecular flexibility index (Phi) is 43.1. The molecule has 10 nitrogen and oxygen atoms in total. The Balaban J connectivity index is 4.26. The number of carbonyl (C=O) groups excluding carboxylic acids is 1. The Morgan fingerprint density at radius 2 is 0.951 bits per heavy atom. The highest BCUT2D eigenvalue weighted by atomic mass is 31.2. The summed E-state index contributed by atoms with van der Waals surface area (Å²) in [7, 11) is -4.64. The molecule has 0 aliphatic carbocycles.